The van der Waals surface area contributed by atoms with E-state index < -0.39 is 0 Å². The van der Waals surface area contributed by atoms with E-state index in [0.29, 0.717) is 12.3 Å². The van der Waals surface area contributed by atoms with E-state index in [1.54, 1.807) is 6.92 Å². The van der Waals surface area contributed by atoms with Crippen LogP contribution in [-0.4, -0.2) is 55.4 Å². The fourth-order valence-electron chi connectivity index (χ4n) is 3.09. The minimum Gasteiger partial charge on any atom is -0.304 e. The summed E-state index contributed by atoms with van der Waals surface area (Å²) in [5.74, 6) is 1.73. The number of nitrogens with one attached hydrogen (secondary N) is 1. The first-order valence-corrected chi connectivity index (χ1v) is 8.55. The summed E-state index contributed by atoms with van der Waals surface area (Å²) >= 11 is 0. The number of carbonyl (C=O) groups is 1. The minimum atomic E-state index is -0.0607. The molecule has 1 fully saturated rings. The average molecular weight is 330 g/mol. The molecule has 5 heteroatoms. The molecule has 0 aromatic heterocycles. The van der Waals surface area contributed by atoms with E-state index in [9.17, 15) is 4.79 Å². The third-order valence-electron chi connectivity index (χ3n) is 4.19. The Morgan fingerprint density at radius 1 is 1.38 bits per heavy atom. The number of rotatable bonds is 8. The predicted molar refractivity (Wildman–Crippen MR) is 99.7 cm³/mol. The van der Waals surface area contributed by atoms with Gasteiger partial charge in [-0.25, -0.2) is 4.99 Å². The number of Topliss-reactive ketones (excluding diaryl/α,β-unsaturated/α-hetero) is 1. The highest BCUT2D eigenvalue weighted by atomic mass is 16.1. The summed E-state index contributed by atoms with van der Waals surface area (Å²) in [6.07, 6.45) is 6.96. The molecular weight excluding hydrogens is 300 g/mol. The van der Waals surface area contributed by atoms with Gasteiger partial charge in [0.1, 0.15) is 17.8 Å². The Bertz CT molecular complexity index is 596. The maximum Gasteiger partial charge on any atom is 0.146 e. The Morgan fingerprint density at radius 3 is 2.54 bits per heavy atom. The lowest BCUT2D eigenvalue weighted by molar-refractivity contribution is -0.116. The number of allylic oxidation sites excluding steroid dienone is 3. The van der Waals surface area contributed by atoms with Crippen LogP contribution in [0.1, 0.15) is 33.1 Å². The fraction of sp³-hybridized carbons (Fsp3) is 0.579. The van der Waals surface area contributed by atoms with Crippen LogP contribution in [0.15, 0.2) is 40.4 Å². The SMILES string of the molecule is C=C/C(=C(\C=C(\C)CC(C)=O)C1CC1)C1N=C(CN(C)C)NN1C. The fourth-order valence-corrected chi connectivity index (χ4v) is 3.09. The third-order valence-corrected chi connectivity index (χ3v) is 4.19. The molecule has 1 unspecified atom stereocenters. The van der Waals surface area contributed by atoms with Gasteiger partial charge in [0.05, 0.1) is 6.54 Å². The largest absolute Gasteiger partial charge is 0.304 e. The van der Waals surface area contributed by atoms with Crippen molar-refractivity contribution in [3.63, 3.8) is 0 Å². The van der Waals surface area contributed by atoms with Crippen molar-refractivity contribution in [1.29, 1.82) is 0 Å². The molecule has 0 aromatic carbocycles. The van der Waals surface area contributed by atoms with Gasteiger partial charge in [-0.2, -0.15) is 5.01 Å². The molecule has 0 amide bonds. The molecule has 2 rings (SSSR count). The van der Waals surface area contributed by atoms with Crippen molar-refractivity contribution in [3.8, 4) is 0 Å². The lowest BCUT2D eigenvalue weighted by Gasteiger charge is -2.21. The number of likely N-dealkylation sites (N-methyl/N-ethyl adjacent to an activating group) is 2. The van der Waals surface area contributed by atoms with E-state index in [1.165, 1.54) is 18.4 Å². The van der Waals surface area contributed by atoms with Crippen LogP contribution in [0.5, 0.6) is 0 Å². The number of nitrogens with zero attached hydrogens (tertiary/aromatic N) is 3. The van der Waals surface area contributed by atoms with E-state index in [1.807, 2.05) is 39.2 Å². The van der Waals surface area contributed by atoms with Gasteiger partial charge in [0.15, 0.2) is 0 Å². The molecule has 2 aliphatic rings. The number of hydrogen-bond acceptors (Lipinski definition) is 5. The van der Waals surface area contributed by atoms with Gasteiger partial charge in [-0.15, -0.1) is 0 Å². The van der Waals surface area contributed by atoms with Crippen LogP contribution in [-0.2, 0) is 4.79 Å². The average Bonchev–Trinajstić information content (AvgIpc) is 3.23. The Balaban J connectivity index is 2.34. The Kier molecular flexibility index (Phi) is 6.13. The van der Waals surface area contributed by atoms with Crippen LogP contribution in [0.4, 0.5) is 0 Å². The monoisotopic (exact) mass is 330 g/mol. The van der Waals surface area contributed by atoms with Crippen molar-refractivity contribution in [2.45, 2.75) is 39.3 Å². The van der Waals surface area contributed by atoms with Crippen LogP contribution >= 0.6 is 0 Å². The quantitative estimate of drug-likeness (QED) is 0.695. The standard InChI is InChI=1S/C19H30N4O/c1-7-16(19-20-18(12-22(4)5)21-23(19)6)17(15-8-9-15)11-13(2)10-14(3)24/h7,11,15,19H,1,8-10,12H2,2-6H3,(H,20,21)/b13-11-,17-16-. The Morgan fingerprint density at radius 2 is 2.04 bits per heavy atom. The molecule has 0 aromatic rings. The number of amidine groups is 1. The van der Waals surface area contributed by atoms with E-state index in [2.05, 4.69) is 23.0 Å². The van der Waals surface area contributed by atoms with Crippen LogP contribution in [0.3, 0.4) is 0 Å². The zero-order chi connectivity index (χ0) is 17.9. The summed E-state index contributed by atoms with van der Waals surface area (Å²) in [7, 11) is 6.08. The first-order chi connectivity index (χ1) is 11.3. The highest BCUT2D eigenvalue weighted by Crippen LogP contribution is 2.41. The molecule has 0 saturated heterocycles. The van der Waals surface area contributed by atoms with Crippen LogP contribution < -0.4 is 5.43 Å². The predicted octanol–water partition coefficient (Wildman–Crippen LogP) is 2.54. The van der Waals surface area contributed by atoms with Gasteiger partial charge in [-0.05, 0) is 57.8 Å². The van der Waals surface area contributed by atoms with E-state index in [4.69, 9.17) is 4.99 Å². The number of carbonyl (C=O) groups excluding carboxylic acids is 1. The maximum atomic E-state index is 11.4. The second-order valence-corrected chi connectivity index (χ2v) is 7.17. The van der Waals surface area contributed by atoms with Gasteiger partial charge in [-0.1, -0.05) is 24.3 Å². The summed E-state index contributed by atoms with van der Waals surface area (Å²) in [4.78, 5) is 18.3. The highest BCUT2D eigenvalue weighted by Gasteiger charge is 2.32. The summed E-state index contributed by atoms with van der Waals surface area (Å²) in [5.41, 5.74) is 6.87. The molecule has 24 heavy (non-hydrogen) atoms. The van der Waals surface area contributed by atoms with Gasteiger partial charge >= 0.3 is 0 Å². The van der Waals surface area contributed by atoms with E-state index >= 15 is 0 Å². The molecule has 1 aliphatic heterocycles. The van der Waals surface area contributed by atoms with Gasteiger partial charge in [0, 0.05) is 13.5 Å². The van der Waals surface area contributed by atoms with Crippen molar-refractivity contribution in [1.82, 2.24) is 15.3 Å². The van der Waals surface area contributed by atoms with Crippen molar-refractivity contribution >= 4 is 11.6 Å². The normalized spacial score (nSPS) is 23.0. The van der Waals surface area contributed by atoms with Gasteiger partial charge in [-0.3, -0.25) is 4.79 Å². The first-order valence-electron chi connectivity index (χ1n) is 8.55. The zero-order valence-electron chi connectivity index (χ0n) is 15.6. The molecule has 0 spiro atoms. The first kappa shape index (κ1) is 18.6. The van der Waals surface area contributed by atoms with Crippen molar-refractivity contribution in [2.75, 3.05) is 27.7 Å². The topological polar surface area (TPSA) is 47.9 Å². The minimum absolute atomic E-state index is 0.0607. The van der Waals surface area contributed by atoms with E-state index in [0.717, 1.165) is 23.5 Å². The Labute approximate surface area is 145 Å². The third kappa shape index (κ3) is 4.89. The molecule has 0 radical (unpaired) electrons. The number of hydrogen-bond donors (Lipinski definition) is 1. The Hall–Kier alpha value is -1.72. The van der Waals surface area contributed by atoms with Crippen LogP contribution in [0.2, 0.25) is 0 Å². The highest BCUT2D eigenvalue weighted by molar-refractivity contribution is 5.85. The second kappa shape index (κ2) is 7.90. The summed E-state index contributed by atoms with van der Waals surface area (Å²) in [6.45, 7) is 8.49. The number of aliphatic imine (C=N–C) groups is 1. The van der Waals surface area contributed by atoms with Crippen LogP contribution in [0.25, 0.3) is 0 Å². The van der Waals surface area contributed by atoms with Crippen molar-refractivity contribution in [3.05, 3.63) is 35.5 Å². The molecule has 5 nitrogen and oxygen atoms in total. The van der Waals surface area contributed by atoms with Crippen molar-refractivity contribution < 1.29 is 4.79 Å². The summed E-state index contributed by atoms with van der Waals surface area (Å²) in [5, 5.41) is 2.03. The van der Waals surface area contributed by atoms with Gasteiger partial charge in [0.25, 0.3) is 0 Å². The zero-order valence-corrected chi connectivity index (χ0v) is 15.6. The smallest absolute Gasteiger partial charge is 0.146 e. The number of ketones is 1. The molecule has 1 aliphatic carbocycles. The van der Waals surface area contributed by atoms with E-state index in [-0.39, 0.29) is 11.9 Å². The molecule has 0 bridgehead atoms. The summed E-state index contributed by atoms with van der Waals surface area (Å²) in [6, 6.07) is 0. The van der Waals surface area contributed by atoms with Gasteiger partial charge < -0.3 is 10.3 Å². The van der Waals surface area contributed by atoms with Gasteiger partial charge in [0.2, 0.25) is 0 Å². The molecular formula is C19H30N4O. The molecule has 132 valence electrons. The number of hydrazine groups is 1. The lowest BCUT2D eigenvalue weighted by atomic mass is 9.97. The maximum absolute atomic E-state index is 11.4. The molecule has 1 atom stereocenters. The molecule has 1 saturated carbocycles. The summed E-state index contributed by atoms with van der Waals surface area (Å²) < 4.78 is 0. The van der Waals surface area contributed by atoms with Crippen LogP contribution in [0, 0.1) is 5.92 Å². The molecule has 1 heterocycles. The molecule has 1 N–H and O–H groups in total. The lowest BCUT2D eigenvalue weighted by Crippen LogP contribution is -2.41. The van der Waals surface area contributed by atoms with Crippen molar-refractivity contribution in [2.24, 2.45) is 10.9 Å². The second-order valence-electron chi connectivity index (χ2n) is 7.17.